The molecule has 7 nitrogen and oxygen atoms in total. The van der Waals surface area contributed by atoms with E-state index in [0.29, 0.717) is 11.9 Å². The molecule has 0 saturated heterocycles. The van der Waals surface area contributed by atoms with Gasteiger partial charge in [0.05, 0.1) is 33.9 Å². The van der Waals surface area contributed by atoms with Gasteiger partial charge in [0, 0.05) is 24.9 Å². The summed E-state index contributed by atoms with van der Waals surface area (Å²) in [6.45, 7) is 2.82. The molecule has 124 valence electrons. The standard InChI is InChI=1S/C16H18BrN7/c1-2-19-15-11(17)7-20-16(22-15)21-12-8-24(13-5-10(13)6-18)23-14(12)9-3-4-9/h7-10,13H,2-5H2,1H3,(H2,19,20,21,22)/t10-,13-/m0/s1. The van der Waals surface area contributed by atoms with Gasteiger partial charge in [-0.3, -0.25) is 4.68 Å². The summed E-state index contributed by atoms with van der Waals surface area (Å²) >= 11 is 3.45. The van der Waals surface area contributed by atoms with Crippen molar-refractivity contribution in [1.82, 2.24) is 19.7 Å². The fraction of sp³-hybridized carbons (Fsp3) is 0.500. The van der Waals surface area contributed by atoms with E-state index in [0.717, 1.165) is 34.6 Å². The van der Waals surface area contributed by atoms with Crippen molar-refractivity contribution in [2.45, 2.75) is 38.1 Å². The van der Waals surface area contributed by atoms with E-state index in [9.17, 15) is 0 Å². The highest BCUT2D eigenvalue weighted by Gasteiger charge is 2.41. The van der Waals surface area contributed by atoms with Crippen LogP contribution < -0.4 is 10.6 Å². The van der Waals surface area contributed by atoms with E-state index in [-0.39, 0.29) is 12.0 Å². The molecule has 2 aromatic rings. The lowest BCUT2D eigenvalue weighted by Gasteiger charge is -2.08. The Balaban J connectivity index is 1.60. The predicted molar refractivity (Wildman–Crippen MR) is 94.1 cm³/mol. The summed E-state index contributed by atoms with van der Waals surface area (Å²) in [5.41, 5.74) is 2.01. The first-order valence-electron chi connectivity index (χ1n) is 8.21. The van der Waals surface area contributed by atoms with Crippen molar-refractivity contribution in [2.24, 2.45) is 5.92 Å². The maximum Gasteiger partial charge on any atom is 0.229 e. The Kier molecular flexibility index (Phi) is 3.88. The minimum atomic E-state index is 0.0918. The molecule has 2 N–H and O–H groups in total. The van der Waals surface area contributed by atoms with Crippen LogP contribution in [0.1, 0.15) is 43.8 Å². The molecule has 8 heteroatoms. The second-order valence-corrected chi connectivity index (χ2v) is 7.12. The average molecular weight is 388 g/mol. The third-order valence-corrected chi connectivity index (χ3v) is 4.90. The number of hydrogen-bond donors (Lipinski definition) is 2. The van der Waals surface area contributed by atoms with Crippen molar-refractivity contribution in [2.75, 3.05) is 17.2 Å². The molecule has 0 spiro atoms. The van der Waals surface area contributed by atoms with Crippen molar-refractivity contribution in [3.05, 3.63) is 22.6 Å². The molecular weight excluding hydrogens is 370 g/mol. The fourth-order valence-corrected chi connectivity index (χ4v) is 3.11. The largest absolute Gasteiger partial charge is 0.369 e. The summed E-state index contributed by atoms with van der Waals surface area (Å²) in [6.07, 6.45) is 6.96. The van der Waals surface area contributed by atoms with Gasteiger partial charge >= 0.3 is 0 Å². The molecule has 2 heterocycles. The van der Waals surface area contributed by atoms with Crippen molar-refractivity contribution in [1.29, 1.82) is 5.26 Å². The summed E-state index contributed by atoms with van der Waals surface area (Å²) in [4.78, 5) is 8.85. The van der Waals surface area contributed by atoms with E-state index in [1.54, 1.807) is 6.20 Å². The van der Waals surface area contributed by atoms with Crippen molar-refractivity contribution in [3.63, 3.8) is 0 Å². The van der Waals surface area contributed by atoms with Gasteiger partial charge in [0.15, 0.2) is 0 Å². The quantitative estimate of drug-likeness (QED) is 0.786. The van der Waals surface area contributed by atoms with Crippen LogP contribution in [0.15, 0.2) is 16.9 Å². The minimum Gasteiger partial charge on any atom is -0.369 e. The smallest absolute Gasteiger partial charge is 0.229 e. The molecule has 2 aliphatic carbocycles. The Labute approximate surface area is 148 Å². The van der Waals surface area contributed by atoms with Gasteiger partial charge in [-0.05, 0) is 42.1 Å². The monoisotopic (exact) mass is 387 g/mol. The van der Waals surface area contributed by atoms with Gasteiger partial charge in [-0.25, -0.2) is 4.98 Å². The van der Waals surface area contributed by atoms with E-state index < -0.39 is 0 Å². The van der Waals surface area contributed by atoms with Crippen LogP contribution in [0.5, 0.6) is 0 Å². The number of nitrogens with zero attached hydrogens (tertiary/aromatic N) is 5. The van der Waals surface area contributed by atoms with Gasteiger partial charge in [0.25, 0.3) is 0 Å². The van der Waals surface area contributed by atoms with Crippen molar-refractivity contribution in [3.8, 4) is 6.07 Å². The lowest BCUT2D eigenvalue weighted by molar-refractivity contribution is 0.611. The molecule has 0 aromatic carbocycles. The van der Waals surface area contributed by atoms with Crippen LogP contribution in [0.3, 0.4) is 0 Å². The van der Waals surface area contributed by atoms with E-state index in [2.05, 4.69) is 42.6 Å². The Morgan fingerprint density at radius 3 is 2.96 bits per heavy atom. The summed E-state index contributed by atoms with van der Waals surface area (Å²) in [5.74, 6) is 1.91. The zero-order valence-corrected chi connectivity index (χ0v) is 14.9. The van der Waals surface area contributed by atoms with Crippen LogP contribution in [0.25, 0.3) is 0 Å². The third-order valence-electron chi connectivity index (χ3n) is 4.32. The molecule has 0 radical (unpaired) electrons. The molecule has 0 aliphatic heterocycles. The van der Waals surface area contributed by atoms with Gasteiger partial charge in [0.1, 0.15) is 5.82 Å². The first-order chi connectivity index (χ1) is 11.7. The number of anilines is 3. The van der Waals surface area contributed by atoms with Crippen molar-refractivity contribution >= 4 is 33.4 Å². The van der Waals surface area contributed by atoms with Gasteiger partial charge in [-0.1, -0.05) is 0 Å². The zero-order chi connectivity index (χ0) is 16.7. The first kappa shape index (κ1) is 15.4. The van der Waals surface area contributed by atoms with Gasteiger partial charge in [0.2, 0.25) is 5.95 Å². The Morgan fingerprint density at radius 2 is 2.29 bits per heavy atom. The maximum atomic E-state index is 9.04. The van der Waals surface area contributed by atoms with E-state index in [1.165, 1.54) is 12.8 Å². The van der Waals surface area contributed by atoms with E-state index in [4.69, 9.17) is 10.4 Å². The second-order valence-electron chi connectivity index (χ2n) is 6.27. The van der Waals surface area contributed by atoms with Crippen LogP contribution in [0, 0.1) is 17.2 Å². The predicted octanol–water partition coefficient (Wildman–Crippen LogP) is 3.57. The summed E-state index contributed by atoms with van der Waals surface area (Å²) in [6, 6.07) is 2.53. The molecule has 2 atom stereocenters. The minimum absolute atomic E-state index is 0.0918. The van der Waals surface area contributed by atoms with Crippen molar-refractivity contribution < 1.29 is 0 Å². The topological polar surface area (TPSA) is 91.5 Å². The molecule has 2 saturated carbocycles. The molecule has 2 aromatic heterocycles. The summed E-state index contributed by atoms with van der Waals surface area (Å²) < 4.78 is 2.77. The van der Waals surface area contributed by atoms with Crippen LogP contribution in [-0.2, 0) is 0 Å². The zero-order valence-electron chi connectivity index (χ0n) is 13.3. The van der Waals surface area contributed by atoms with E-state index in [1.807, 2.05) is 17.8 Å². The molecule has 0 unspecified atom stereocenters. The number of aromatic nitrogens is 4. The Morgan fingerprint density at radius 1 is 1.46 bits per heavy atom. The molecular formula is C16H18BrN7. The lowest BCUT2D eigenvalue weighted by Crippen LogP contribution is -2.04. The maximum absolute atomic E-state index is 9.04. The van der Waals surface area contributed by atoms with Gasteiger partial charge in [-0.2, -0.15) is 15.3 Å². The Hall–Kier alpha value is -2.14. The van der Waals surface area contributed by atoms with E-state index >= 15 is 0 Å². The van der Waals surface area contributed by atoms with Gasteiger partial charge in [-0.15, -0.1) is 0 Å². The van der Waals surface area contributed by atoms with Crippen LogP contribution in [0.4, 0.5) is 17.5 Å². The van der Waals surface area contributed by atoms with Crippen LogP contribution in [-0.4, -0.2) is 26.3 Å². The average Bonchev–Trinajstić information content (AvgIpc) is 3.49. The molecule has 4 rings (SSSR count). The number of rotatable bonds is 6. The Bertz CT molecular complexity index is 805. The number of halogens is 1. The SMILES string of the molecule is CCNc1nc(Nc2cn([C@H]3C[C@H]3C#N)nc2C2CC2)ncc1Br. The highest BCUT2D eigenvalue weighted by atomic mass is 79.9. The molecule has 0 bridgehead atoms. The molecule has 2 aliphatic rings. The van der Waals surface area contributed by atoms with Crippen LogP contribution in [0.2, 0.25) is 0 Å². The normalized spacial score (nSPS) is 22.0. The first-order valence-corrected chi connectivity index (χ1v) is 9.01. The number of nitrogens with one attached hydrogen (secondary N) is 2. The summed E-state index contributed by atoms with van der Waals surface area (Å²) in [7, 11) is 0. The molecule has 0 amide bonds. The summed E-state index contributed by atoms with van der Waals surface area (Å²) in [5, 5.41) is 20.3. The lowest BCUT2D eigenvalue weighted by atomic mass is 10.2. The second kappa shape index (κ2) is 6.06. The van der Waals surface area contributed by atoms with Gasteiger partial charge < -0.3 is 10.6 Å². The highest BCUT2D eigenvalue weighted by Crippen LogP contribution is 2.47. The highest BCUT2D eigenvalue weighted by molar-refractivity contribution is 9.10. The molecule has 2 fully saturated rings. The number of hydrogen-bond acceptors (Lipinski definition) is 6. The van der Waals surface area contributed by atoms with Crippen LogP contribution >= 0.6 is 15.9 Å². The fourth-order valence-electron chi connectivity index (χ4n) is 2.78. The number of nitriles is 1. The molecule has 24 heavy (non-hydrogen) atoms. The third kappa shape index (κ3) is 2.96.